The standard InChI is InChI=1S/C26H29ClN6O2S/c1-26(2)9-19(18-8-17(27)4-5-23(18)35-3)20(11-30-26)25(34)32-24-12-29-22-15-36(7-6-21(22)31-24)33-13-16(10-28)14-33/h4-5,8-9,11-12,16,30,36H,6-7,13-15H2,1-3H3,(H,31,32,34). The van der Waals surface area contributed by atoms with Crippen molar-refractivity contribution < 1.29 is 9.53 Å². The van der Waals surface area contributed by atoms with Gasteiger partial charge in [0.15, 0.2) is 5.82 Å². The molecular weight excluding hydrogens is 496 g/mol. The van der Waals surface area contributed by atoms with Gasteiger partial charge in [-0.15, -0.1) is 0 Å². The van der Waals surface area contributed by atoms with E-state index in [1.54, 1.807) is 31.6 Å². The third kappa shape index (κ3) is 4.94. The zero-order chi connectivity index (χ0) is 25.4. The molecule has 0 aliphatic carbocycles. The van der Waals surface area contributed by atoms with Crippen LogP contribution in [0.5, 0.6) is 5.75 Å². The molecule has 3 aliphatic rings. The SMILES string of the molecule is COc1ccc(Cl)cc1C1=CC(C)(C)NC=C1C(=O)Nc1cnc2c(n1)CC[SH](N1CC(C#N)C1)C2. The fourth-order valence-corrected chi connectivity index (χ4v) is 7.39. The number of hydrogen-bond donors (Lipinski definition) is 3. The van der Waals surface area contributed by atoms with Crippen molar-refractivity contribution in [2.45, 2.75) is 31.6 Å². The van der Waals surface area contributed by atoms with Gasteiger partial charge in [-0.25, -0.2) is 4.98 Å². The minimum absolute atomic E-state index is 0.164. The maximum atomic E-state index is 13.4. The van der Waals surface area contributed by atoms with Gasteiger partial charge in [-0.1, -0.05) is 17.7 Å². The molecule has 10 heteroatoms. The Morgan fingerprint density at radius 2 is 2.17 bits per heavy atom. The molecule has 3 aliphatic heterocycles. The molecule has 0 bridgehead atoms. The highest BCUT2D eigenvalue weighted by molar-refractivity contribution is 8.14. The van der Waals surface area contributed by atoms with Gasteiger partial charge in [0.2, 0.25) is 0 Å². The molecule has 5 rings (SSSR count). The first kappa shape index (κ1) is 24.6. The molecule has 0 saturated carbocycles. The molecule has 8 nitrogen and oxygen atoms in total. The number of halogens is 1. The first-order valence-electron chi connectivity index (χ1n) is 11.9. The molecule has 0 spiro atoms. The Bertz CT molecular complexity index is 1310. The zero-order valence-corrected chi connectivity index (χ0v) is 22.2. The molecule has 1 amide bonds. The van der Waals surface area contributed by atoms with Gasteiger partial charge in [0.1, 0.15) is 5.75 Å². The van der Waals surface area contributed by atoms with E-state index in [1.165, 1.54) is 0 Å². The normalized spacial score (nSPS) is 22.1. The highest BCUT2D eigenvalue weighted by Gasteiger charge is 2.33. The number of benzene rings is 1. The van der Waals surface area contributed by atoms with E-state index in [9.17, 15) is 4.79 Å². The van der Waals surface area contributed by atoms with Gasteiger partial charge in [0, 0.05) is 42.0 Å². The molecule has 1 aromatic carbocycles. The Morgan fingerprint density at radius 1 is 1.36 bits per heavy atom. The van der Waals surface area contributed by atoms with Crippen LogP contribution in [0.15, 0.2) is 42.2 Å². The van der Waals surface area contributed by atoms with Crippen LogP contribution in [0, 0.1) is 17.2 Å². The molecule has 2 aromatic rings. The van der Waals surface area contributed by atoms with E-state index in [-0.39, 0.29) is 28.4 Å². The van der Waals surface area contributed by atoms with Crippen LogP contribution in [0.4, 0.5) is 5.82 Å². The van der Waals surface area contributed by atoms with E-state index in [0.717, 1.165) is 53.5 Å². The van der Waals surface area contributed by atoms with E-state index < -0.39 is 0 Å². The summed E-state index contributed by atoms with van der Waals surface area (Å²) in [4.78, 5) is 22.8. The number of nitriles is 1. The number of rotatable bonds is 5. The lowest BCUT2D eigenvalue weighted by molar-refractivity contribution is -0.112. The number of carbonyl (C=O) groups excluding carboxylic acids is 1. The molecule has 36 heavy (non-hydrogen) atoms. The van der Waals surface area contributed by atoms with Crippen molar-refractivity contribution in [3.63, 3.8) is 0 Å². The van der Waals surface area contributed by atoms with Crippen molar-refractivity contribution in [3.8, 4) is 11.8 Å². The van der Waals surface area contributed by atoms with Gasteiger partial charge in [-0.05, 0) is 43.4 Å². The number of methoxy groups -OCH3 is 1. The first-order chi connectivity index (χ1) is 17.3. The van der Waals surface area contributed by atoms with Crippen LogP contribution in [0.1, 0.15) is 30.8 Å². The predicted molar refractivity (Wildman–Crippen MR) is 144 cm³/mol. The third-order valence-corrected chi connectivity index (χ3v) is 9.40. The predicted octanol–water partition coefficient (Wildman–Crippen LogP) is 3.85. The van der Waals surface area contributed by atoms with E-state index in [1.807, 2.05) is 26.0 Å². The van der Waals surface area contributed by atoms with Crippen molar-refractivity contribution in [2.24, 2.45) is 5.92 Å². The van der Waals surface area contributed by atoms with Gasteiger partial charge >= 0.3 is 0 Å². The maximum Gasteiger partial charge on any atom is 0.258 e. The lowest BCUT2D eigenvalue weighted by Crippen LogP contribution is -2.45. The Morgan fingerprint density at radius 3 is 2.92 bits per heavy atom. The van der Waals surface area contributed by atoms with E-state index in [0.29, 0.717) is 22.2 Å². The van der Waals surface area contributed by atoms with Crippen LogP contribution in [-0.2, 0) is 17.0 Å². The zero-order valence-electron chi connectivity index (χ0n) is 20.5. The van der Waals surface area contributed by atoms with Crippen molar-refractivity contribution >= 4 is 40.0 Å². The summed E-state index contributed by atoms with van der Waals surface area (Å²) in [6.45, 7) is 5.79. The van der Waals surface area contributed by atoms with Crippen LogP contribution in [-0.4, -0.2) is 51.7 Å². The number of hydrogen-bond acceptors (Lipinski definition) is 7. The summed E-state index contributed by atoms with van der Waals surface area (Å²) >= 11 is 5.99. The summed E-state index contributed by atoms with van der Waals surface area (Å²) in [6, 6.07) is 7.71. The van der Waals surface area contributed by atoms with Crippen LogP contribution in [0.3, 0.4) is 0 Å². The minimum Gasteiger partial charge on any atom is -0.496 e. The average molecular weight is 525 g/mol. The monoisotopic (exact) mass is 524 g/mol. The highest BCUT2D eigenvalue weighted by Crippen LogP contribution is 2.43. The fraction of sp³-hybridized carbons (Fsp3) is 0.385. The van der Waals surface area contributed by atoms with E-state index in [2.05, 4.69) is 26.0 Å². The fourth-order valence-electron chi connectivity index (χ4n) is 4.64. The molecule has 1 fully saturated rings. The van der Waals surface area contributed by atoms with Crippen LogP contribution < -0.4 is 15.4 Å². The van der Waals surface area contributed by atoms with Gasteiger partial charge in [0.25, 0.3) is 5.91 Å². The van der Waals surface area contributed by atoms with Crippen LogP contribution in [0.25, 0.3) is 5.57 Å². The summed E-state index contributed by atoms with van der Waals surface area (Å²) in [5, 5.41) is 15.8. The smallest absolute Gasteiger partial charge is 0.258 e. The molecule has 1 saturated heterocycles. The van der Waals surface area contributed by atoms with Crippen LogP contribution >= 0.6 is 22.7 Å². The molecule has 1 unspecified atom stereocenters. The minimum atomic E-state index is -0.361. The second kappa shape index (κ2) is 9.77. The molecular formula is C26H29ClN6O2S. The molecule has 1 atom stereocenters. The summed E-state index contributed by atoms with van der Waals surface area (Å²) in [7, 11) is 1.60. The summed E-state index contributed by atoms with van der Waals surface area (Å²) in [6.07, 6.45) is 6.19. The van der Waals surface area contributed by atoms with Gasteiger partial charge < -0.3 is 15.4 Å². The van der Waals surface area contributed by atoms with Crippen molar-refractivity contribution in [1.29, 1.82) is 5.26 Å². The Balaban J connectivity index is 1.34. The van der Waals surface area contributed by atoms with Crippen molar-refractivity contribution in [3.05, 3.63) is 64.2 Å². The second-order valence-electron chi connectivity index (χ2n) is 9.77. The third-order valence-electron chi connectivity index (χ3n) is 6.64. The number of nitrogens with one attached hydrogen (secondary N) is 2. The number of aryl methyl sites for hydroxylation is 1. The number of thiol groups is 1. The highest BCUT2D eigenvalue weighted by atomic mass is 35.5. The summed E-state index contributed by atoms with van der Waals surface area (Å²) < 4.78 is 7.98. The van der Waals surface area contributed by atoms with Gasteiger partial charge in [0.05, 0.1) is 47.8 Å². The number of dihydropyridines is 1. The van der Waals surface area contributed by atoms with E-state index in [4.69, 9.17) is 26.6 Å². The number of fused-ring (bicyclic) bond motifs is 1. The topological polar surface area (TPSA) is 103 Å². The summed E-state index contributed by atoms with van der Waals surface area (Å²) in [5.41, 5.74) is 3.51. The molecule has 188 valence electrons. The average Bonchev–Trinajstić information content (AvgIpc) is 2.82. The Kier molecular flexibility index (Phi) is 6.68. The number of nitrogens with zero attached hydrogens (tertiary/aromatic N) is 4. The maximum absolute atomic E-state index is 13.4. The number of aromatic nitrogens is 2. The van der Waals surface area contributed by atoms with Gasteiger partial charge in [-0.3, -0.25) is 14.1 Å². The summed E-state index contributed by atoms with van der Waals surface area (Å²) in [5.74, 6) is 2.87. The van der Waals surface area contributed by atoms with Crippen molar-refractivity contribution in [1.82, 2.24) is 19.6 Å². The Labute approximate surface area is 218 Å². The number of anilines is 1. The van der Waals surface area contributed by atoms with Crippen LogP contribution in [0.2, 0.25) is 5.02 Å². The molecule has 1 aromatic heterocycles. The van der Waals surface area contributed by atoms with Crippen molar-refractivity contribution in [2.75, 3.05) is 31.3 Å². The van der Waals surface area contributed by atoms with Gasteiger partial charge in [-0.2, -0.15) is 16.3 Å². The largest absolute Gasteiger partial charge is 0.496 e. The lowest BCUT2D eigenvalue weighted by atomic mass is 9.88. The number of ether oxygens (including phenoxy) is 1. The first-order valence-corrected chi connectivity index (χ1v) is 13.9. The van der Waals surface area contributed by atoms with E-state index >= 15 is 0 Å². The lowest BCUT2D eigenvalue weighted by Gasteiger charge is -2.45. The molecule has 0 radical (unpaired) electrons. The molecule has 2 N–H and O–H groups in total. The number of amides is 1. The second-order valence-corrected chi connectivity index (χ2v) is 12.5. The molecule has 4 heterocycles. The number of carbonyl (C=O) groups is 1. The Hall–Kier alpha value is -3.06. The quantitative estimate of drug-likeness (QED) is 0.510.